The highest BCUT2D eigenvalue weighted by molar-refractivity contribution is 5.85. The molecule has 0 fully saturated rings. The molecule has 0 atom stereocenters. The van der Waals surface area contributed by atoms with E-state index in [2.05, 4.69) is 112 Å². The minimum absolute atomic E-state index is 0.885. The molecule has 4 aromatic rings. The summed E-state index contributed by atoms with van der Waals surface area (Å²) in [4.78, 5) is 4.61. The largest absolute Gasteiger partial charge is 0.256 e. The van der Waals surface area contributed by atoms with E-state index in [9.17, 15) is 0 Å². The molecule has 1 heterocycles. The monoisotopic (exact) mass is 441 g/mol. The van der Waals surface area contributed by atoms with Crippen molar-refractivity contribution in [3.05, 3.63) is 138 Å². The van der Waals surface area contributed by atoms with Gasteiger partial charge in [-0.1, -0.05) is 92.9 Å². The van der Waals surface area contributed by atoms with E-state index < -0.39 is 0 Å². The molecule has 0 aliphatic carbocycles. The lowest BCUT2D eigenvalue weighted by Crippen LogP contribution is -1.92. The third-order valence-corrected chi connectivity index (χ3v) is 6.31. The van der Waals surface area contributed by atoms with Crippen molar-refractivity contribution in [3.8, 4) is 11.1 Å². The Morgan fingerprint density at radius 3 is 2.32 bits per heavy atom. The summed E-state index contributed by atoms with van der Waals surface area (Å²) in [6.07, 6.45) is 7.20. The van der Waals surface area contributed by atoms with Gasteiger partial charge in [-0.25, -0.2) is 0 Å². The number of pyridine rings is 1. The first-order valence-corrected chi connectivity index (χ1v) is 11.7. The zero-order valence-electron chi connectivity index (χ0n) is 20.3. The van der Waals surface area contributed by atoms with E-state index in [0.717, 1.165) is 56.3 Å². The van der Waals surface area contributed by atoms with Crippen LogP contribution in [-0.4, -0.2) is 4.98 Å². The van der Waals surface area contributed by atoms with Crippen LogP contribution in [0.1, 0.15) is 37.0 Å². The molecule has 0 aliphatic heterocycles. The SMILES string of the molecule is C=C(/C=C(\C(=C)CC)c1ccc(-c2cnc3ccccc3c2)cc1)/C(C)=C/c1ccccc1C. The summed E-state index contributed by atoms with van der Waals surface area (Å²) < 4.78 is 0. The lowest BCUT2D eigenvalue weighted by molar-refractivity contribution is 1.16. The Morgan fingerprint density at radius 1 is 0.882 bits per heavy atom. The Bertz CT molecular complexity index is 1410. The maximum absolute atomic E-state index is 4.61. The van der Waals surface area contributed by atoms with Gasteiger partial charge in [0.25, 0.3) is 0 Å². The fourth-order valence-corrected chi connectivity index (χ4v) is 4.01. The van der Waals surface area contributed by atoms with Gasteiger partial charge in [0.2, 0.25) is 0 Å². The highest BCUT2D eigenvalue weighted by atomic mass is 14.6. The molecule has 168 valence electrons. The Morgan fingerprint density at radius 2 is 1.59 bits per heavy atom. The van der Waals surface area contributed by atoms with Gasteiger partial charge in [0.05, 0.1) is 5.52 Å². The molecule has 0 saturated carbocycles. The number of aromatic nitrogens is 1. The summed E-state index contributed by atoms with van der Waals surface area (Å²) in [6.45, 7) is 15.1. The Kier molecular flexibility index (Phi) is 7.04. The zero-order chi connectivity index (χ0) is 24.1. The third-order valence-electron chi connectivity index (χ3n) is 6.31. The van der Waals surface area contributed by atoms with Gasteiger partial charge in [-0.3, -0.25) is 4.98 Å². The number of hydrogen-bond acceptors (Lipinski definition) is 1. The van der Waals surface area contributed by atoms with Crippen molar-refractivity contribution in [2.45, 2.75) is 27.2 Å². The summed E-state index contributed by atoms with van der Waals surface area (Å²) in [6, 6.07) is 27.5. The van der Waals surface area contributed by atoms with Crippen LogP contribution in [0.5, 0.6) is 0 Å². The molecular formula is C33H31N. The number of benzene rings is 3. The molecule has 1 aromatic heterocycles. The van der Waals surface area contributed by atoms with Crippen molar-refractivity contribution >= 4 is 22.6 Å². The number of rotatable bonds is 7. The van der Waals surface area contributed by atoms with Crippen molar-refractivity contribution < 1.29 is 0 Å². The van der Waals surface area contributed by atoms with Crippen LogP contribution in [0.15, 0.2) is 121 Å². The smallest absolute Gasteiger partial charge is 0.0702 e. The van der Waals surface area contributed by atoms with Gasteiger partial charge >= 0.3 is 0 Å². The van der Waals surface area contributed by atoms with Crippen molar-refractivity contribution in [2.75, 3.05) is 0 Å². The molecule has 0 aliphatic rings. The number of para-hydroxylation sites is 1. The van der Waals surface area contributed by atoms with Crippen molar-refractivity contribution in [2.24, 2.45) is 0 Å². The quantitative estimate of drug-likeness (QED) is 0.260. The Labute approximate surface area is 203 Å². The fraction of sp³-hybridized carbons (Fsp3) is 0.121. The molecule has 34 heavy (non-hydrogen) atoms. The number of allylic oxidation sites excluding steroid dienone is 5. The summed E-state index contributed by atoms with van der Waals surface area (Å²) in [5, 5.41) is 1.15. The van der Waals surface area contributed by atoms with Gasteiger partial charge in [0, 0.05) is 17.1 Å². The second kappa shape index (κ2) is 10.3. The topological polar surface area (TPSA) is 12.9 Å². The van der Waals surface area contributed by atoms with Crippen LogP contribution >= 0.6 is 0 Å². The molecule has 0 N–H and O–H groups in total. The molecule has 0 spiro atoms. The molecule has 1 heteroatoms. The molecule has 3 aromatic carbocycles. The molecular weight excluding hydrogens is 410 g/mol. The van der Waals surface area contributed by atoms with Crippen LogP contribution in [0.2, 0.25) is 0 Å². The maximum atomic E-state index is 4.61. The Hall–Kier alpha value is -3.97. The molecule has 0 bridgehead atoms. The molecule has 0 saturated heterocycles. The van der Waals surface area contributed by atoms with Crippen LogP contribution in [0, 0.1) is 6.92 Å². The summed E-state index contributed by atoms with van der Waals surface area (Å²) in [7, 11) is 0. The molecule has 0 unspecified atom stereocenters. The minimum atomic E-state index is 0.885. The maximum Gasteiger partial charge on any atom is 0.0702 e. The number of fused-ring (bicyclic) bond motifs is 1. The highest BCUT2D eigenvalue weighted by Crippen LogP contribution is 2.30. The Balaban J connectivity index is 1.64. The molecule has 0 amide bonds. The first kappa shape index (κ1) is 23.2. The molecule has 0 radical (unpaired) electrons. The van der Waals surface area contributed by atoms with E-state index in [1.165, 1.54) is 11.1 Å². The summed E-state index contributed by atoms with van der Waals surface area (Å²) in [5.74, 6) is 0. The minimum Gasteiger partial charge on any atom is -0.256 e. The predicted octanol–water partition coefficient (Wildman–Crippen LogP) is 9.22. The van der Waals surface area contributed by atoms with Crippen molar-refractivity contribution in [1.82, 2.24) is 4.98 Å². The van der Waals surface area contributed by atoms with Crippen molar-refractivity contribution in [3.63, 3.8) is 0 Å². The van der Waals surface area contributed by atoms with Gasteiger partial charge in [-0.05, 0) is 83.0 Å². The summed E-state index contributed by atoms with van der Waals surface area (Å²) in [5.41, 5.74) is 11.3. The van der Waals surface area contributed by atoms with E-state index in [4.69, 9.17) is 0 Å². The lowest BCUT2D eigenvalue weighted by Gasteiger charge is -2.13. The summed E-state index contributed by atoms with van der Waals surface area (Å²) >= 11 is 0. The predicted molar refractivity (Wildman–Crippen MR) is 149 cm³/mol. The number of nitrogens with zero attached hydrogens (tertiary/aromatic N) is 1. The highest BCUT2D eigenvalue weighted by Gasteiger charge is 2.08. The van der Waals surface area contributed by atoms with Crippen LogP contribution < -0.4 is 0 Å². The van der Waals surface area contributed by atoms with Crippen LogP contribution in [0.25, 0.3) is 33.7 Å². The van der Waals surface area contributed by atoms with E-state index in [0.29, 0.717) is 0 Å². The number of aryl methyl sites for hydroxylation is 1. The standard InChI is InChI=1S/C33H31N/c1-6-23(2)32(20-26(5)25(4)19-29-12-8-7-11-24(29)3)28-17-15-27(16-18-28)31-21-30-13-9-10-14-33(30)34-22-31/h7-22H,2,5-6H2,1,3-4H3/b25-19+,32-20+. The second-order valence-corrected chi connectivity index (χ2v) is 8.72. The first-order valence-electron chi connectivity index (χ1n) is 11.7. The first-order chi connectivity index (χ1) is 16.5. The van der Waals surface area contributed by atoms with Gasteiger partial charge < -0.3 is 0 Å². The van der Waals surface area contributed by atoms with Gasteiger partial charge in [-0.15, -0.1) is 0 Å². The average molecular weight is 442 g/mol. The van der Waals surface area contributed by atoms with Gasteiger partial charge in [0.15, 0.2) is 0 Å². The average Bonchev–Trinajstić information content (AvgIpc) is 2.87. The second-order valence-electron chi connectivity index (χ2n) is 8.72. The van der Waals surface area contributed by atoms with Crippen LogP contribution in [0.4, 0.5) is 0 Å². The molecule has 4 rings (SSSR count). The third kappa shape index (κ3) is 5.15. The van der Waals surface area contributed by atoms with E-state index in [1.54, 1.807) is 0 Å². The van der Waals surface area contributed by atoms with E-state index in [-0.39, 0.29) is 0 Å². The molecule has 1 nitrogen and oxygen atoms in total. The normalized spacial score (nSPS) is 12.1. The fourth-order valence-electron chi connectivity index (χ4n) is 4.01. The van der Waals surface area contributed by atoms with Crippen molar-refractivity contribution in [1.29, 1.82) is 0 Å². The van der Waals surface area contributed by atoms with Gasteiger partial charge in [0.1, 0.15) is 0 Å². The van der Waals surface area contributed by atoms with Crippen LogP contribution in [0.3, 0.4) is 0 Å². The van der Waals surface area contributed by atoms with Gasteiger partial charge in [-0.2, -0.15) is 0 Å². The number of hydrogen-bond donors (Lipinski definition) is 0. The van der Waals surface area contributed by atoms with E-state index >= 15 is 0 Å². The zero-order valence-corrected chi connectivity index (χ0v) is 20.3. The lowest BCUT2D eigenvalue weighted by atomic mass is 9.92. The van der Waals surface area contributed by atoms with E-state index in [1.807, 2.05) is 24.4 Å². The van der Waals surface area contributed by atoms with Crippen LogP contribution in [-0.2, 0) is 0 Å².